The first-order valence-electron chi connectivity index (χ1n) is 7.17. The van der Waals surface area contributed by atoms with E-state index < -0.39 is 0 Å². The van der Waals surface area contributed by atoms with Crippen LogP contribution < -0.4 is 5.32 Å². The summed E-state index contributed by atoms with van der Waals surface area (Å²) in [6.07, 6.45) is 8.55. The van der Waals surface area contributed by atoms with Crippen molar-refractivity contribution in [1.29, 1.82) is 0 Å². The van der Waals surface area contributed by atoms with E-state index in [1.54, 1.807) is 0 Å². The van der Waals surface area contributed by atoms with Crippen LogP contribution in [-0.2, 0) is 0 Å². The van der Waals surface area contributed by atoms with Gasteiger partial charge in [0.2, 0.25) is 0 Å². The maximum absolute atomic E-state index is 3.80. The lowest BCUT2D eigenvalue weighted by molar-refractivity contribution is 0.317. The molecule has 18 heavy (non-hydrogen) atoms. The highest BCUT2D eigenvalue weighted by atomic mass is 79.9. The number of halogens is 1. The van der Waals surface area contributed by atoms with Crippen LogP contribution in [0.1, 0.15) is 63.3 Å². The minimum Gasteiger partial charge on any atom is -0.307 e. The topological polar surface area (TPSA) is 12.0 Å². The van der Waals surface area contributed by atoms with Crippen LogP contribution in [0.5, 0.6) is 0 Å². The first kappa shape index (κ1) is 14.5. The third kappa shape index (κ3) is 3.82. The average molecular weight is 330 g/mol. The molecule has 0 spiro atoms. The SMILES string of the molecule is CC(N[C@@H](C)C1CCCCCC1)c1sccc1Br. The summed E-state index contributed by atoms with van der Waals surface area (Å²) in [5.74, 6) is 0.869. The Hall–Kier alpha value is 0.140. The molecule has 1 unspecified atom stereocenters. The zero-order valence-corrected chi connectivity index (χ0v) is 13.8. The van der Waals surface area contributed by atoms with Crippen molar-refractivity contribution in [3.63, 3.8) is 0 Å². The van der Waals surface area contributed by atoms with Gasteiger partial charge in [0, 0.05) is 21.4 Å². The van der Waals surface area contributed by atoms with Gasteiger partial charge in [-0.3, -0.25) is 0 Å². The highest BCUT2D eigenvalue weighted by molar-refractivity contribution is 9.10. The molecule has 1 saturated carbocycles. The molecule has 2 rings (SSSR count). The van der Waals surface area contributed by atoms with Crippen molar-refractivity contribution in [3.05, 3.63) is 20.8 Å². The van der Waals surface area contributed by atoms with Gasteiger partial charge in [-0.05, 0) is 60.0 Å². The number of hydrogen-bond donors (Lipinski definition) is 1. The molecular formula is C15H24BrNS. The number of thiophene rings is 1. The molecular weight excluding hydrogens is 306 g/mol. The van der Waals surface area contributed by atoms with Crippen LogP contribution in [-0.4, -0.2) is 6.04 Å². The molecule has 0 radical (unpaired) electrons. The van der Waals surface area contributed by atoms with Crippen molar-refractivity contribution in [1.82, 2.24) is 5.32 Å². The zero-order valence-electron chi connectivity index (χ0n) is 11.4. The second-order valence-corrected chi connectivity index (χ2v) is 7.36. The van der Waals surface area contributed by atoms with Crippen LogP contribution >= 0.6 is 27.3 Å². The number of hydrogen-bond acceptors (Lipinski definition) is 2. The number of nitrogens with one attached hydrogen (secondary N) is 1. The molecule has 1 aliphatic rings. The van der Waals surface area contributed by atoms with E-state index in [9.17, 15) is 0 Å². The molecule has 3 heteroatoms. The van der Waals surface area contributed by atoms with Crippen LogP contribution in [0.4, 0.5) is 0 Å². The van der Waals surface area contributed by atoms with Gasteiger partial charge >= 0.3 is 0 Å². The van der Waals surface area contributed by atoms with Crippen molar-refractivity contribution >= 4 is 27.3 Å². The monoisotopic (exact) mass is 329 g/mol. The Bertz CT molecular complexity index is 355. The van der Waals surface area contributed by atoms with Gasteiger partial charge in [0.1, 0.15) is 0 Å². The van der Waals surface area contributed by atoms with Crippen molar-refractivity contribution in [3.8, 4) is 0 Å². The van der Waals surface area contributed by atoms with Gasteiger partial charge in [-0.15, -0.1) is 11.3 Å². The smallest absolute Gasteiger partial charge is 0.0399 e. The van der Waals surface area contributed by atoms with Crippen molar-refractivity contribution in [2.45, 2.75) is 64.5 Å². The molecule has 0 bridgehead atoms. The Morgan fingerprint density at radius 3 is 2.44 bits per heavy atom. The van der Waals surface area contributed by atoms with Gasteiger partial charge in [0.25, 0.3) is 0 Å². The summed E-state index contributed by atoms with van der Waals surface area (Å²) in [4.78, 5) is 1.43. The maximum Gasteiger partial charge on any atom is 0.0399 e. The molecule has 102 valence electrons. The van der Waals surface area contributed by atoms with E-state index in [0.717, 1.165) is 5.92 Å². The summed E-state index contributed by atoms with van der Waals surface area (Å²) in [5.41, 5.74) is 0. The normalized spacial score (nSPS) is 21.5. The van der Waals surface area contributed by atoms with E-state index in [0.29, 0.717) is 12.1 Å². The minimum atomic E-state index is 0.456. The van der Waals surface area contributed by atoms with Gasteiger partial charge < -0.3 is 5.32 Å². The van der Waals surface area contributed by atoms with Crippen LogP contribution in [0, 0.1) is 5.92 Å². The third-order valence-electron chi connectivity index (χ3n) is 4.16. The van der Waals surface area contributed by atoms with Gasteiger partial charge in [0.15, 0.2) is 0 Å². The molecule has 0 aromatic carbocycles. The fourth-order valence-corrected chi connectivity index (χ4v) is 4.77. The van der Waals surface area contributed by atoms with Crippen molar-refractivity contribution in [2.24, 2.45) is 5.92 Å². The number of rotatable bonds is 4. The Morgan fingerprint density at radius 1 is 1.22 bits per heavy atom. The molecule has 1 nitrogen and oxygen atoms in total. The summed E-state index contributed by atoms with van der Waals surface area (Å²) in [5, 5.41) is 5.96. The Morgan fingerprint density at radius 2 is 1.89 bits per heavy atom. The van der Waals surface area contributed by atoms with E-state index >= 15 is 0 Å². The lowest BCUT2D eigenvalue weighted by Gasteiger charge is -2.27. The molecule has 1 aromatic heterocycles. The van der Waals surface area contributed by atoms with E-state index in [1.807, 2.05) is 11.3 Å². The molecule has 1 aliphatic carbocycles. The van der Waals surface area contributed by atoms with Crippen LogP contribution in [0.3, 0.4) is 0 Å². The highest BCUT2D eigenvalue weighted by Crippen LogP contribution is 2.31. The maximum atomic E-state index is 3.80. The van der Waals surface area contributed by atoms with Gasteiger partial charge in [-0.1, -0.05) is 25.7 Å². The second kappa shape index (κ2) is 7.06. The van der Waals surface area contributed by atoms with Crippen molar-refractivity contribution < 1.29 is 0 Å². The van der Waals surface area contributed by atoms with Crippen LogP contribution in [0.2, 0.25) is 0 Å². The van der Waals surface area contributed by atoms with E-state index in [1.165, 1.54) is 47.9 Å². The van der Waals surface area contributed by atoms with Crippen LogP contribution in [0.25, 0.3) is 0 Å². The predicted molar refractivity (Wildman–Crippen MR) is 84.2 cm³/mol. The van der Waals surface area contributed by atoms with Crippen LogP contribution in [0.15, 0.2) is 15.9 Å². The van der Waals surface area contributed by atoms with Gasteiger partial charge in [0.05, 0.1) is 0 Å². The Balaban J connectivity index is 1.90. The fourth-order valence-electron chi connectivity index (χ4n) is 3.03. The van der Waals surface area contributed by atoms with Crippen molar-refractivity contribution in [2.75, 3.05) is 0 Å². The Kier molecular flexibility index (Phi) is 5.71. The third-order valence-corrected chi connectivity index (χ3v) is 6.21. The standard InChI is InChI=1S/C15H24BrNS/c1-11(13-7-5-3-4-6-8-13)17-12(2)15-14(16)9-10-18-15/h9-13,17H,3-8H2,1-2H3/t11-,12?/m0/s1. The summed E-state index contributed by atoms with van der Waals surface area (Å²) < 4.78 is 1.25. The zero-order chi connectivity index (χ0) is 13.0. The lowest BCUT2D eigenvalue weighted by atomic mass is 9.92. The summed E-state index contributed by atoms with van der Waals surface area (Å²) in [6.45, 7) is 4.65. The molecule has 1 aromatic rings. The predicted octanol–water partition coefficient (Wildman–Crippen LogP) is 5.52. The Labute approximate surface area is 123 Å². The summed E-state index contributed by atoms with van der Waals surface area (Å²) in [6, 6.07) is 3.24. The lowest BCUT2D eigenvalue weighted by Crippen LogP contribution is -2.35. The minimum absolute atomic E-state index is 0.456. The van der Waals surface area contributed by atoms with E-state index in [-0.39, 0.29) is 0 Å². The molecule has 1 fully saturated rings. The summed E-state index contributed by atoms with van der Waals surface area (Å²) >= 11 is 5.48. The largest absolute Gasteiger partial charge is 0.307 e. The highest BCUT2D eigenvalue weighted by Gasteiger charge is 2.21. The first-order chi connectivity index (χ1) is 8.68. The summed E-state index contributed by atoms with van der Waals surface area (Å²) in [7, 11) is 0. The van der Waals surface area contributed by atoms with E-state index in [4.69, 9.17) is 0 Å². The average Bonchev–Trinajstić information content (AvgIpc) is 2.63. The molecule has 1 heterocycles. The fraction of sp³-hybridized carbons (Fsp3) is 0.733. The molecule has 1 N–H and O–H groups in total. The quantitative estimate of drug-likeness (QED) is 0.717. The molecule has 0 aliphatic heterocycles. The first-order valence-corrected chi connectivity index (χ1v) is 8.84. The second-order valence-electron chi connectivity index (χ2n) is 5.56. The van der Waals surface area contributed by atoms with E-state index in [2.05, 4.69) is 46.5 Å². The molecule has 0 saturated heterocycles. The van der Waals surface area contributed by atoms with Gasteiger partial charge in [-0.2, -0.15) is 0 Å². The molecule has 0 amide bonds. The molecule has 2 atom stereocenters. The van der Waals surface area contributed by atoms with Gasteiger partial charge in [-0.25, -0.2) is 0 Å².